The Morgan fingerprint density at radius 3 is 1.39 bits per heavy atom. The number of aliphatic hydroxyl groups is 2. The van der Waals surface area contributed by atoms with Gasteiger partial charge in [0.15, 0.2) is 12.1 Å². The third-order valence-corrected chi connectivity index (χ3v) is 11.8. The molecule has 358 valence electrons. The van der Waals surface area contributed by atoms with Gasteiger partial charge in [-0.2, -0.15) is 0 Å². The number of hydrogen-bond donors (Lipinski definition) is 2. The van der Waals surface area contributed by atoms with Gasteiger partial charge in [-0.15, -0.1) is 0 Å². The van der Waals surface area contributed by atoms with Gasteiger partial charge in [-0.05, 0) is 129 Å². The van der Waals surface area contributed by atoms with Gasteiger partial charge in [0.25, 0.3) is 0 Å². The molecule has 0 saturated carbocycles. The van der Waals surface area contributed by atoms with Crippen molar-refractivity contribution in [2.75, 3.05) is 40.5 Å². The topological polar surface area (TPSA) is 88.5 Å². The fourth-order valence-electron chi connectivity index (χ4n) is 7.77. The van der Waals surface area contributed by atoms with Crippen molar-refractivity contribution >= 4 is 5.97 Å². The molecule has 0 radical (unpaired) electrons. The Labute approximate surface area is 378 Å². The number of esters is 1. The molecule has 0 bridgehead atoms. The highest BCUT2D eigenvalue weighted by molar-refractivity contribution is 5.68. The van der Waals surface area contributed by atoms with Crippen LogP contribution in [0.5, 0.6) is 0 Å². The smallest absolute Gasteiger partial charge is 0.305 e. The molecule has 0 aliphatic heterocycles. The number of methoxy groups -OCH3 is 2. The third kappa shape index (κ3) is 44.6. The summed E-state index contributed by atoms with van der Waals surface area (Å²) in [6, 6.07) is 0. The van der Waals surface area contributed by atoms with Crippen LogP contribution in [0.15, 0.2) is 48.6 Å². The molecule has 0 aromatic rings. The lowest BCUT2D eigenvalue weighted by Crippen LogP contribution is -2.34. The second-order valence-electron chi connectivity index (χ2n) is 17.6. The lowest BCUT2D eigenvalue weighted by atomic mass is 9.98. The Kier molecular flexibility index (Phi) is 46.3. The van der Waals surface area contributed by atoms with Crippen LogP contribution in [0.1, 0.15) is 239 Å². The van der Waals surface area contributed by atoms with E-state index >= 15 is 0 Å². The number of allylic oxidation sites excluding steroid dienone is 8. The minimum absolute atomic E-state index is 0.134. The highest BCUT2D eigenvalue weighted by Gasteiger charge is 2.26. The van der Waals surface area contributed by atoms with Crippen molar-refractivity contribution in [1.82, 2.24) is 4.90 Å². The summed E-state index contributed by atoms with van der Waals surface area (Å²) in [5.41, 5.74) is 0. The molecule has 0 amide bonds. The third-order valence-electron chi connectivity index (χ3n) is 11.8. The largest absolute Gasteiger partial charge is 0.469 e. The summed E-state index contributed by atoms with van der Waals surface area (Å²) in [5, 5.41) is 21.5. The molecule has 7 nitrogen and oxygen atoms in total. The van der Waals surface area contributed by atoms with E-state index in [9.17, 15) is 15.0 Å². The van der Waals surface area contributed by atoms with E-state index in [1.807, 2.05) is 0 Å². The lowest BCUT2D eigenvalue weighted by molar-refractivity contribution is -0.214. The van der Waals surface area contributed by atoms with Crippen LogP contribution in [0.2, 0.25) is 0 Å². The minimum atomic E-state index is -1.04. The van der Waals surface area contributed by atoms with Crippen molar-refractivity contribution in [3.05, 3.63) is 48.6 Å². The van der Waals surface area contributed by atoms with Crippen LogP contribution in [0.4, 0.5) is 0 Å². The number of nitrogens with zero attached hydrogens (tertiary/aromatic N) is 1. The van der Waals surface area contributed by atoms with Crippen molar-refractivity contribution in [3.8, 4) is 0 Å². The molecule has 0 heterocycles. The van der Waals surface area contributed by atoms with Crippen LogP contribution in [0.3, 0.4) is 0 Å². The van der Waals surface area contributed by atoms with Crippen molar-refractivity contribution in [2.45, 2.75) is 251 Å². The molecule has 0 fully saturated rings. The van der Waals surface area contributed by atoms with E-state index in [1.54, 1.807) is 7.11 Å². The van der Waals surface area contributed by atoms with Crippen molar-refractivity contribution in [3.63, 3.8) is 0 Å². The fourth-order valence-corrected chi connectivity index (χ4v) is 7.77. The Hall–Kier alpha value is -1.77. The average molecular weight is 860 g/mol. The SMILES string of the molecule is CCCCC/C=C\C/C=C\CCCCCCCCC(O)(CCCCCCCC/C=C\C/C=C\CCCCC)OCCCN(CCCCCC(=O)OC)CCCCCC(O)OC. The molecule has 0 rings (SSSR count). The van der Waals surface area contributed by atoms with Gasteiger partial charge >= 0.3 is 5.97 Å². The van der Waals surface area contributed by atoms with Crippen molar-refractivity contribution < 1.29 is 29.2 Å². The number of aliphatic hydroxyl groups excluding tert-OH is 1. The van der Waals surface area contributed by atoms with Gasteiger partial charge in [0.2, 0.25) is 0 Å². The lowest BCUT2D eigenvalue weighted by Gasteiger charge is -2.30. The van der Waals surface area contributed by atoms with Crippen LogP contribution in [-0.2, 0) is 19.0 Å². The van der Waals surface area contributed by atoms with Crippen LogP contribution >= 0.6 is 0 Å². The Balaban J connectivity index is 4.78. The van der Waals surface area contributed by atoms with Gasteiger partial charge in [0.05, 0.1) is 13.7 Å². The first-order valence-electron chi connectivity index (χ1n) is 25.9. The molecule has 2 N–H and O–H groups in total. The second kappa shape index (κ2) is 47.7. The first kappa shape index (κ1) is 59.2. The molecular weight excluding hydrogens is 759 g/mol. The van der Waals surface area contributed by atoms with E-state index in [4.69, 9.17) is 14.2 Å². The molecule has 0 aliphatic carbocycles. The van der Waals surface area contributed by atoms with Gasteiger partial charge in [-0.25, -0.2) is 0 Å². The number of unbranched alkanes of at least 4 members (excludes halogenated alkanes) is 22. The van der Waals surface area contributed by atoms with Gasteiger partial charge in [-0.3, -0.25) is 4.79 Å². The van der Waals surface area contributed by atoms with Crippen molar-refractivity contribution in [2.24, 2.45) is 0 Å². The van der Waals surface area contributed by atoms with Crippen molar-refractivity contribution in [1.29, 1.82) is 0 Å². The average Bonchev–Trinajstić information content (AvgIpc) is 3.26. The number of rotatable bonds is 48. The Morgan fingerprint density at radius 2 is 0.934 bits per heavy atom. The maximum atomic E-state index is 11.8. The van der Waals surface area contributed by atoms with E-state index in [0.29, 0.717) is 19.4 Å². The zero-order valence-corrected chi connectivity index (χ0v) is 40.7. The molecule has 61 heavy (non-hydrogen) atoms. The summed E-state index contributed by atoms with van der Waals surface area (Å²) in [6.07, 6.45) is 56.6. The summed E-state index contributed by atoms with van der Waals surface area (Å²) >= 11 is 0. The van der Waals surface area contributed by atoms with Crippen LogP contribution < -0.4 is 0 Å². The molecule has 1 unspecified atom stereocenters. The molecule has 0 aromatic carbocycles. The van der Waals surface area contributed by atoms with E-state index in [0.717, 1.165) is 116 Å². The molecule has 0 spiro atoms. The Morgan fingerprint density at radius 1 is 0.525 bits per heavy atom. The summed E-state index contributed by atoms with van der Waals surface area (Å²) in [7, 11) is 3.00. The molecule has 0 aliphatic rings. The fraction of sp³-hybridized carbons (Fsp3) is 0.833. The first-order chi connectivity index (χ1) is 29.9. The van der Waals surface area contributed by atoms with E-state index in [2.05, 4.69) is 67.4 Å². The summed E-state index contributed by atoms with van der Waals surface area (Å²) in [4.78, 5) is 14.1. The zero-order chi connectivity index (χ0) is 44.6. The van der Waals surface area contributed by atoms with Crippen LogP contribution in [-0.4, -0.2) is 73.6 Å². The van der Waals surface area contributed by atoms with Crippen LogP contribution in [0, 0.1) is 0 Å². The molecule has 1 atom stereocenters. The maximum Gasteiger partial charge on any atom is 0.305 e. The monoisotopic (exact) mass is 860 g/mol. The molecule has 0 saturated heterocycles. The second-order valence-corrected chi connectivity index (χ2v) is 17.6. The molecule has 7 heteroatoms. The predicted molar refractivity (Wildman–Crippen MR) is 262 cm³/mol. The van der Waals surface area contributed by atoms with Crippen LogP contribution in [0.25, 0.3) is 0 Å². The highest BCUT2D eigenvalue weighted by Crippen LogP contribution is 2.25. The summed E-state index contributed by atoms with van der Waals surface area (Å²) in [5.74, 6) is -1.17. The number of carbonyl (C=O) groups excluding carboxylic acids is 1. The van der Waals surface area contributed by atoms with E-state index < -0.39 is 12.1 Å². The normalized spacial score (nSPS) is 13.0. The predicted octanol–water partition coefficient (Wildman–Crippen LogP) is 15.0. The number of hydrogen-bond acceptors (Lipinski definition) is 7. The molecular formula is C54H101NO6. The zero-order valence-electron chi connectivity index (χ0n) is 40.7. The van der Waals surface area contributed by atoms with E-state index in [-0.39, 0.29) is 5.97 Å². The quantitative estimate of drug-likeness (QED) is 0.0273. The Bertz CT molecular complexity index is 977. The van der Waals surface area contributed by atoms with Gasteiger partial charge in [0, 0.05) is 32.9 Å². The van der Waals surface area contributed by atoms with E-state index in [1.165, 1.54) is 123 Å². The number of ether oxygens (including phenoxy) is 3. The summed E-state index contributed by atoms with van der Waals surface area (Å²) in [6.45, 7) is 8.01. The molecule has 0 aromatic heterocycles. The standard InChI is InChI=1S/C54H101NO6/c1-5-7-9-11-13-15-17-19-21-23-25-27-29-31-33-39-46-54(58,47-40-34-32-30-28-26-24-22-20-18-16-14-12-10-8-6-2)61-51-43-50-55(48-41-35-37-44-52(56)59-3)49-42-36-38-45-53(57)60-4/h13-16,19-22,52,56,58H,5-12,17-18,23-51H2,1-4H3/b15-13-,16-14-,21-19-,22-20-. The first-order valence-corrected chi connectivity index (χ1v) is 25.9. The van der Waals surface area contributed by atoms with Gasteiger partial charge < -0.3 is 29.3 Å². The summed E-state index contributed by atoms with van der Waals surface area (Å²) < 4.78 is 16.2. The van der Waals surface area contributed by atoms with Gasteiger partial charge in [0.1, 0.15) is 0 Å². The van der Waals surface area contributed by atoms with Gasteiger partial charge in [-0.1, -0.05) is 152 Å². The highest BCUT2D eigenvalue weighted by atomic mass is 16.6. The minimum Gasteiger partial charge on any atom is -0.469 e. The number of carbonyl (C=O) groups is 1. The maximum absolute atomic E-state index is 11.8.